The van der Waals surface area contributed by atoms with E-state index in [2.05, 4.69) is 241 Å². The SMILES string of the molecule is CC(C)C(C)OC1CC2CC1C1C=CCC21.CC(C)C(C)OC1CC2CC1C1CCCC21.CC(C)C(C)OC1Cc2cccc3cccc1c23.CC(C)OC1CC2CC1C1C=CCC21.CC(C)OC1CC2CC1C1CCCC21.CCC(C)OC1CC2CC1C1C=CCC21.CCC(C)OC1CC2CC1C1CCCC21.CCC(C)OC1Cc2cccc3cccc1c23. The van der Waals surface area contributed by atoms with Gasteiger partial charge in [-0.1, -0.05) is 191 Å². The van der Waals surface area contributed by atoms with Gasteiger partial charge in [0.15, 0.2) is 0 Å². The van der Waals surface area contributed by atoms with Crippen molar-refractivity contribution in [3.05, 3.63) is 132 Å². The molecule has 15 saturated carbocycles. The second kappa shape index (κ2) is 41.0. The number of ether oxygens (including phenoxy) is 8. The summed E-state index contributed by atoms with van der Waals surface area (Å²) < 4.78 is 49.4. The van der Waals surface area contributed by atoms with Crippen LogP contribution in [0.15, 0.2) is 109 Å². The van der Waals surface area contributed by atoms with E-state index in [1.807, 2.05) is 0 Å². The van der Waals surface area contributed by atoms with E-state index in [9.17, 15) is 0 Å². The zero-order valence-corrected chi connectivity index (χ0v) is 82.0. The highest BCUT2D eigenvalue weighted by Gasteiger charge is 2.60. The molecule has 12 bridgehead atoms. The summed E-state index contributed by atoms with van der Waals surface area (Å²) in [6, 6.07) is 26.2. The van der Waals surface area contributed by atoms with E-state index < -0.39 is 0 Å². The van der Waals surface area contributed by atoms with Crippen LogP contribution in [0.3, 0.4) is 0 Å². The van der Waals surface area contributed by atoms with Gasteiger partial charge >= 0.3 is 0 Å². The standard InChI is InChI=1S/C17H20O.C16H18O.C15H26O.C15H24O.C14H24O.C14H22O.C13H22O.C13H20O/c1-11(2)12(3)18-16-10-14-8-4-6-13-7-5-9-15(16)17(13)14;1-3-11(2)17-15-10-13-8-4-6-12-7-5-9-14(15)16(12)13;2*1-9(2)10(3)16-15-8-11-7-14(15)13-6-4-5-12(11)13;2*1-3-9(2)15-14-8-10-7-13(14)12-6-4-5-11(10)12;2*1-8(2)14-13-7-9-6-12(13)11-5-3-4-10(9)11/h4-9,11-12,16H,10H2,1-3H3;4-9,11,15H,3,10H2,1-2H3;9-15H,4-8H2,1-3H3;4,6,9-15H,5,7-8H2,1-3H3;9-14H,3-8H2,1-2H3;4,6,9-14H,3,5,7-8H2,1-2H3;8-13H,3-7H2,1-2H3;3,5,8-13H,4,6-7H2,1-2H3. The molecule has 15 fully saturated rings. The van der Waals surface area contributed by atoms with Crippen molar-refractivity contribution >= 4 is 21.5 Å². The average molecular weight is 1710 g/mol. The topological polar surface area (TPSA) is 73.8 Å². The molecule has 38 atom stereocenters. The first kappa shape index (κ1) is 93.1. The molecule has 0 radical (unpaired) electrons. The normalized spacial score (nSPS) is 40.5. The van der Waals surface area contributed by atoms with E-state index >= 15 is 0 Å². The maximum atomic E-state index is 6.31. The van der Waals surface area contributed by atoms with Gasteiger partial charge in [0.2, 0.25) is 0 Å². The van der Waals surface area contributed by atoms with Crippen molar-refractivity contribution in [1.29, 1.82) is 0 Å². The van der Waals surface area contributed by atoms with Gasteiger partial charge in [-0.3, -0.25) is 0 Å². The molecule has 692 valence electrons. The van der Waals surface area contributed by atoms with Gasteiger partial charge in [-0.05, 0) is 427 Å². The third kappa shape index (κ3) is 20.0. The number of hydrogen-bond donors (Lipinski definition) is 0. The Bertz CT molecular complexity index is 4190. The number of allylic oxidation sites excluding steroid dienone is 6. The van der Waals surface area contributed by atoms with Crippen LogP contribution in [-0.4, -0.2) is 85.5 Å². The van der Waals surface area contributed by atoms with E-state index in [4.69, 9.17) is 37.9 Å². The fourth-order valence-corrected chi connectivity index (χ4v) is 31.2. The average Bonchev–Trinajstić information content (AvgIpc) is 1.60. The van der Waals surface area contributed by atoms with Gasteiger partial charge in [0.05, 0.1) is 97.7 Å². The second-order valence-corrected chi connectivity index (χ2v) is 46.9. The quantitative estimate of drug-likeness (QED) is 0.0721. The Morgan fingerprint density at radius 3 is 0.904 bits per heavy atom. The molecular weight excluding hydrogens is 1530 g/mol. The third-order valence-corrected chi connectivity index (χ3v) is 38.3. The smallest absolute Gasteiger partial charge is 0.0875 e. The number of hydrogen-bond acceptors (Lipinski definition) is 8. The van der Waals surface area contributed by atoms with Crippen molar-refractivity contribution in [2.24, 2.45) is 160 Å². The lowest BCUT2D eigenvalue weighted by Crippen LogP contribution is -2.34. The molecule has 4 aromatic rings. The Labute approximate surface area is 761 Å². The van der Waals surface area contributed by atoms with E-state index in [-0.39, 0.29) is 12.2 Å². The fraction of sp³-hybridized carbons (Fsp3) is 0.778. The van der Waals surface area contributed by atoms with Gasteiger partial charge in [0.25, 0.3) is 0 Å². The maximum Gasteiger partial charge on any atom is 0.0875 e. The molecule has 0 heterocycles. The lowest BCUT2D eigenvalue weighted by atomic mass is 9.80. The lowest BCUT2D eigenvalue weighted by Gasteiger charge is -2.34. The van der Waals surface area contributed by atoms with Crippen LogP contribution in [0.4, 0.5) is 0 Å². The predicted octanol–water partition coefficient (Wildman–Crippen LogP) is 29.5. The third-order valence-electron chi connectivity index (χ3n) is 38.3. The van der Waals surface area contributed by atoms with Gasteiger partial charge in [0, 0.05) is 12.8 Å². The van der Waals surface area contributed by atoms with Gasteiger partial charge < -0.3 is 37.9 Å². The summed E-state index contributed by atoms with van der Waals surface area (Å²) in [7, 11) is 0. The van der Waals surface area contributed by atoms with Crippen LogP contribution in [0.1, 0.15) is 339 Å². The van der Waals surface area contributed by atoms with Crippen molar-refractivity contribution in [2.45, 2.75) is 415 Å². The highest BCUT2D eigenvalue weighted by atomic mass is 16.5. The largest absolute Gasteiger partial charge is 0.375 e. The Morgan fingerprint density at radius 2 is 0.552 bits per heavy atom. The summed E-state index contributed by atoms with van der Waals surface area (Å²) in [5.41, 5.74) is 5.62. The summed E-state index contributed by atoms with van der Waals surface area (Å²) in [6.07, 6.45) is 62.0. The molecule has 0 spiro atoms. The van der Waals surface area contributed by atoms with Crippen LogP contribution >= 0.6 is 0 Å². The summed E-state index contributed by atoms with van der Waals surface area (Å²) in [5.74, 6) is 25.3. The molecule has 38 unspecified atom stereocenters. The van der Waals surface area contributed by atoms with Crippen molar-refractivity contribution in [3.63, 3.8) is 0 Å². The lowest BCUT2D eigenvalue weighted by molar-refractivity contribution is -0.0669. The van der Waals surface area contributed by atoms with Crippen molar-refractivity contribution in [2.75, 3.05) is 0 Å². The molecule has 8 nitrogen and oxygen atoms in total. The van der Waals surface area contributed by atoms with Crippen LogP contribution < -0.4 is 0 Å². The summed E-state index contributed by atoms with van der Waals surface area (Å²) >= 11 is 0. The number of rotatable bonds is 22. The van der Waals surface area contributed by atoms with E-state index in [1.165, 1.54) is 204 Å². The summed E-state index contributed by atoms with van der Waals surface area (Å²) in [6.45, 7) is 42.1. The van der Waals surface area contributed by atoms with Gasteiger partial charge in [-0.2, -0.15) is 0 Å². The summed E-state index contributed by atoms with van der Waals surface area (Å²) in [4.78, 5) is 0. The maximum absolute atomic E-state index is 6.31. The van der Waals surface area contributed by atoms with Gasteiger partial charge in [-0.15, -0.1) is 0 Å². The second-order valence-electron chi connectivity index (χ2n) is 46.9. The molecule has 4 aromatic carbocycles. The molecule has 8 heteroatoms. The fourth-order valence-electron chi connectivity index (χ4n) is 31.2. The number of benzene rings is 4. The van der Waals surface area contributed by atoms with E-state index in [1.54, 1.807) is 0 Å². The molecule has 20 aliphatic rings. The zero-order chi connectivity index (χ0) is 87.3. The minimum absolute atomic E-state index is 0.239. The minimum Gasteiger partial charge on any atom is -0.375 e. The molecule has 24 rings (SSSR count). The van der Waals surface area contributed by atoms with Crippen LogP contribution in [-0.2, 0) is 50.7 Å². The molecule has 0 amide bonds. The molecule has 20 aliphatic carbocycles. The molecule has 125 heavy (non-hydrogen) atoms. The molecule has 0 aromatic heterocycles. The number of fused-ring (bicyclic) bond motifs is 30. The molecule has 0 saturated heterocycles. The van der Waals surface area contributed by atoms with Crippen LogP contribution in [0.25, 0.3) is 21.5 Å². The van der Waals surface area contributed by atoms with Gasteiger partial charge in [0.1, 0.15) is 0 Å². The van der Waals surface area contributed by atoms with Gasteiger partial charge in [-0.25, -0.2) is 0 Å². The Morgan fingerprint density at radius 1 is 0.272 bits per heavy atom. The minimum atomic E-state index is 0.239. The Kier molecular flexibility index (Phi) is 30.6. The zero-order valence-electron chi connectivity index (χ0n) is 82.0. The van der Waals surface area contributed by atoms with E-state index in [0.717, 1.165) is 168 Å². The first-order chi connectivity index (χ1) is 60.4. The molecule has 0 N–H and O–H groups in total. The van der Waals surface area contributed by atoms with E-state index in [0.29, 0.717) is 103 Å². The highest BCUT2D eigenvalue weighted by molar-refractivity contribution is 5.92. The van der Waals surface area contributed by atoms with Crippen LogP contribution in [0, 0.1) is 160 Å². The molecule has 0 aliphatic heterocycles. The van der Waals surface area contributed by atoms with Crippen molar-refractivity contribution < 1.29 is 37.9 Å². The Hall–Kier alpha value is -3.70. The first-order valence-corrected chi connectivity index (χ1v) is 53.6. The highest BCUT2D eigenvalue weighted by Crippen LogP contribution is 2.65. The van der Waals surface area contributed by atoms with Crippen molar-refractivity contribution in [3.8, 4) is 0 Å². The molecular formula is C117H176O8. The van der Waals surface area contributed by atoms with Crippen LogP contribution in [0.5, 0.6) is 0 Å². The first-order valence-electron chi connectivity index (χ1n) is 53.6. The van der Waals surface area contributed by atoms with Crippen molar-refractivity contribution in [1.82, 2.24) is 0 Å². The monoisotopic (exact) mass is 1710 g/mol. The van der Waals surface area contributed by atoms with Crippen LogP contribution in [0.2, 0.25) is 0 Å². The summed E-state index contributed by atoms with van der Waals surface area (Å²) in [5, 5.41) is 5.52. The predicted molar refractivity (Wildman–Crippen MR) is 517 cm³/mol. The Balaban J connectivity index is 0.000000101.